The Morgan fingerprint density at radius 3 is 2.43 bits per heavy atom. The number of hydrogen-bond donors (Lipinski definition) is 1. The fourth-order valence-corrected chi connectivity index (χ4v) is 2.95. The first kappa shape index (κ1) is 17.6. The molecule has 0 saturated carbocycles. The van der Waals surface area contributed by atoms with Crippen LogP contribution in [0.5, 0.6) is 17.2 Å². The molecule has 0 saturated heterocycles. The van der Waals surface area contributed by atoms with E-state index in [2.05, 4.69) is 27.3 Å². The maximum absolute atomic E-state index is 5.61. The van der Waals surface area contributed by atoms with Gasteiger partial charge in [0.2, 0.25) is 0 Å². The summed E-state index contributed by atoms with van der Waals surface area (Å²) in [4.78, 5) is 0. The van der Waals surface area contributed by atoms with E-state index in [1.165, 1.54) is 0 Å². The predicted octanol–water partition coefficient (Wildman–Crippen LogP) is 4.15. The summed E-state index contributed by atoms with van der Waals surface area (Å²) in [5.41, 5.74) is 2.25. The lowest BCUT2D eigenvalue weighted by Gasteiger charge is -2.14. The van der Waals surface area contributed by atoms with E-state index in [9.17, 15) is 0 Å². The van der Waals surface area contributed by atoms with Crippen molar-refractivity contribution in [1.82, 2.24) is 5.32 Å². The predicted molar refractivity (Wildman–Crippen MR) is 95.4 cm³/mol. The minimum atomic E-state index is 0.598. The van der Waals surface area contributed by atoms with Gasteiger partial charge in [-0.2, -0.15) is 0 Å². The Morgan fingerprint density at radius 1 is 1.00 bits per heavy atom. The molecular weight excluding hydrogens is 358 g/mol. The van der Waals surface area contributed by atoms with E-state index in [1.807, 2.05) is 37.3 Å². The molecule has 0 aliphatic heterocycles. The summed E-state index contributed by atoms with van der Waals surface area (Å²) >= 11 is 3.55. The molecule has 0 aliphatic carbocycles. The van der Waals surface area contributed by atoms with Crippen LogP contribution in [0.25, 0.3) is 0 Å². The molecule has 4 nitrogen and oxygen atoms in total. The van der Waals surface area contributed by atoms with E-state index in [1.54, 1.807) is 14.2 Å². The van der Waals surface area contributed by atoms with Crippen molar-refractivity contribution in [1.29, 1.82) is 0 Å². The SMILES string of the molecule is CCOc1c(Br)cc(CNCc2ccccc2OC)cc1OC. The van der Waals surface area contributed by atoms with Gasteiger partial charge in [0.1, 0.15) is 5.75 Å². The molecule has 0 amide bonds. The van der Waals surface area contributed by atoms with Crippen molar-refractivity contribution in [3.8, 4) is 17.2 Å². The van der Waals surface area contributed by atoms with Gasteiger partial charge in [-0.1, -0.05) is 18.2 Å². The molecule has 2 aromatic carbocycles. The largest absolute Gasteiger partial charge is 0.496 e. The van der Waals surface area contributed by atoms with Gasteiger partial charge in [-0.05, 0) is 46.6 Å². The number of ether oxygens (including phenoxy) is 3. The van der Waals surface area contributed by atoms with Gasteiger partial charge >= 0.3 is 0 Å². The van der Waals surface area contributed by atoms with Crippen molar-refractivity contribution in [3.63, 3.8) is 0 Å². The summed E-state index contributed by atoms with van der Waals surface area (Å²) in [5, 5.41) is 3.43. The minimum Gasteiger partial charge on any atom is -0.496 e. The maximum Gasteiger partial charge on any atom is 0.175 e. The zero-order valence-electron chi connectivity index (χ0n) is 13.7. The highest BCUT2D eigenvalue weighted by molar-refractivity contribution is 9.10. The number of benzene rings is 2. The van der Waals surface area contributed by atoms with Gasteiger partial charge in [0.25, 0.3) is 0 Å². The second-order valence-electron chi connectivity index (χ2n) is 4.96. The molecule has 0 aliphatic rings. The molecule has 0 radical (unpaired) electrons. The van der Waals surface area contributed by atoms with Gasteiger partial charge in [-0.3, -0.25) is 0 Å². The van der Waals surface area contributed by atoms with Crippen molar-refractivity contribution in [2.24, 2.45) is 0 Å². The first-order valence-corrected chi connectivity index (χ1v) is 8.30. The summed E-state index contributed by atoms with van der Waals surface area (Å²) in [6.45, 7) is 4.01. The average Bonchev–Trinajstić information content (AvgIpc) is 2.57. The Labute approximate surface area is 145 Å². The third kappa shape index (κ3) is 4.62. The van der Waals surface area contributed by atoms with Gasteiger partial charge in [-0.15, -0.1) is 0 Å². The van der Waals surface area contributed by atoms with E-state index in [4.69, 9.17) is 14.2 Å². The van der Waals surface area contributed by atoms with Crippen LogP contribution in [0, 0.1) is 0 Å². The second-order valence-corrected chi connectivity index (χ2v) is 5.81. The summed E-state index contributed by atoms with van der Waals surface area (Å²) in [6.07, 6.45) is 0. The van der Waals surface area contributed by atoms with Gasteiger partial charge in [-0.25, -0.2) is 0 Å². The van der Waals surface area contributed by atoms with Crippen LogP contribution in [0.15, 0.2) is 40.9 Å². The number of halogens is 1. The van der Waals surface area contributed by atoms with Crippen molar-refractivity contribution in [2.75, 3.05) is 20.8 Å². The molecule has 0 bridgehead atoms. The molecule has 0 spiro atoms. The number of para-hydroxylation sites is 1. The Kier molecular flexibility index (Phi) is 6.74. The second kappa shape index (κ2) is 8.79. The molecule has 0 unspecified atom stereocenters. The molecule has 0 aromatic heterocycles. The van der Waals surface area contributed by atoms with Crippen LogP contribution in [-0.4, -0.2) is 20.8 Å². The molecule has 1 N–H and O–H groups in total. The summed E-state index contributed by atoms with van der Waals surface area (Å²) in [6, 6.07) is 12.0. The summed E-state index contributed by atoms with van der Waals surface area (Å²) < 4.78 is 17.3. The number of nitrogens with one attached hydrogen (secondary N) is 1. The molecular formula is C18H22BrNO3. The van der Waals surface area contributed by atoms with Crippen molar-refractivity contribution in [3.05, 3.63) is 52.0 Å². The monoisotopic (exact) mass is 379 g/mol. The molecule has 23 heavy (non-hydrogen) atoms. The van der Waals surface area contributed by atoms with Gasteiger partial charge < -0.3 is 19.5 Å². The molecule has 0 fully saturated rings. The topological polar surface area (TPSA) is 39.7 Å². The molecule has 2 rings (SSSR count). The van der Waals surface area contributed by atoms with Crippen LogP contribution in [0.1, 0.15) is 18.1 Å². The van der Waals surface area contributed by atoms with Gasteiger partial charge in [0.05, 0.1) is 25.3 Å². The van der Waals surface area contributed by atoms with Crippen LogP contribution in [0.4, 0.5) is 0 Å². The first-order valence-electron chi connectivity index (χ1n) is 7.51. The highest BCUT2D eigenvalue weighted by atomic mass is 79.9. The lowest BCUT2D eigenvalue weighted by atomic mass is 10.1. The van der Waals surface area contributed by atoms with Crippen molar-refractivity contribution >= 4 is 15.9 Å². The normalized spacial score (nSPS) is 10.4. The smallest absolute Gasteiger partial charge is 0.175 e. The highest BCUT2D eigenvalue weighted by Crippen LogP contribution is 2.36. The Morgan fingerprint density at radius 2 is 1.74 bits per heavy atom. The maximum atomic E-state index is 5.61. The minimum absolute atomic E-state index is 0.598. The number of hydrogen-bond acceptors (Lipinski definition) is 4. The van der Waals surface area contributed by atoms with E-state index in [0.29, 0.717) is 6.61 Å². The highest BCUT2D eigenvalue weighted by Gasteiger charge is 2.11. The standard InChI is InChI=1S/C18H22BrNO3/c1-4-23-18-15(19)9-13(10-17(18)22-3)11-20-12-14-7-5-6-8-16(14)21-2/h5-10,20H,4,11-12H2,1-3H3. The Hall–Kier alpha value is -1.72. The fourth-order valence-electron chi connectivity index (χ4n) is 2.35. The number of methoxy groups -OCH3 is 2. The van der Waals surface area contributed by atoms with E-state index >= 15 is 0 Å². The van der Waals surface area contributed by atoms with E-state index in [-0.39, 0.29) is 0 Å². The lowest BCUT2D eigenvalue weighted by Crippen LogP contribution is -2.13. The van der Waals surface area contributed by atoms with E-state index in [0.717, 1.165) is 45.9 Å². The van der Waals surface area contributed by atoms with Crippen molar-refractivity contribution in [2.45, 2.75) is 20.0 Å². The Bertz CT molecular complexity index is 646. The van der Waals surface area contributed by atoms with Gasteiger partial charge in [0.15, 0.2) is 11.5 Å². The van der Waals surface area contributed by atoms with E-state index < -0.39 is 0 Å². The zero-order chi connectivity index (χ0) is 16.7. The molecule has 124 valence electrons. The van der Waals surface area contributed by atoms with Crippen LogP contribution >= 0.6 is 15.9 Å². The summed E-state index contributed by atoms with van der Waals surface area (Å²) in [5.74, 6) is 2.37. The third-order valence-electron chi connectivity index (χ3n) is 3.42. The van der Waals surface area contributed by atoms with Crippen LogP contribution in [0.3, 0.4) is 0 Å². The Balaban J connectivity index is 2.04. The van der Waals surface area contributed by atoms with Crippen LogP contribution < -0.4 is 19.5 Å². The summed E-state index contributed by atoms with van der Waals surface area (Å²) in [7, 11) is 3.34. The molecule has 5 heteroatoms. The average molecular weight is 380 g/mol. The van der Waals surface area contributed by atoms with Crippen molar-refractivity contribution < 1.29 is 14.2 Å². The number of rotatable bonds is 8. The molecule has 0 heterocycles. The van der Waals surface area contributed by atoms with Crippen LogP contribution in [0.2, 0.25) is 0 Å². The molecule has 2 aromatic rings. The first-order chi connectivity index (χ1) is 11.2. The fraction of sp³-hybridized carbons (Fsp3) is 0.333. The quantitative estimate of drug-likeness (QED) is 0.747. The zero-order valence-corrected chi connectivity index (χ0v) is 15.3. The van der Waals surface area contributed by atoms with Gasteiger partial charge in [0, 0.05) is 18.7 Å². The molecule has 0 atom stereocenters. The van der Waals surface area contributed by atoms with Crippen LogP contribution in [-0.2, 0) is 13.1 Å². The third-order valence-corrected chi connectivity index (χ3v) is 4.00. The lowest BCUT2D eigenvalue weighted by molar-refractivity contribution is 0.308.